The zero-order valence-electron chi connectivity index (χ0n) is 16.3. The number of benzene rings is 1. The van der Waals surface area contributed by atoms with E-state index in [0.29, 0.717) is 21.5 Å². The number of nitrogens with one attached hydrogen (secondary N) is 1. The summed E-state index contributed by atoms with van der Waals surface area (Å²) in [5, 5.41) is 2.89. The Morgan fingerprint density at radius 1 is 1.26 bits per heavy atom. The van der Waals surface area contributed by atoms with Gasteiger partial charge >= 0.3 is 0 Å². The molecule has 0 bridgehead atoms. The lowest BCUT2D eigenvalue weighted by atomic mass is 10.2. The molecule has 0 spiro atoms. The Labute approximate surface area is 191 Å². The van der Waals surface area contributed by atoms with E-state index in [1.54, 1.807) is 18.2 Å². The van der Waals surface area contributed by atoms with Gasteiger partial charge in [-0.3, -0.25) is 4.79 Å². The van der Waals surface area contributed by atoms with E-state index in [9.17, 15) is 13.2 Å². The van der Waals surface area contributed by atoms with Crippen LogP contribution in [0.4, 0.5) is 11.5 Å². The summed E-state index contributed by atoms with van der Waals surface area (Å²) in [6, 6.07) is 7.87. The minimum absolute atomic E-state index is 0.0265. The van der Waals surface area contributed by atoms with Gasteiger partial charge in [0.1, 0.15) is 26.4 Å². The van der Waals surface area contributed by atoms with E-state index in [2.05, 4.69) is 15.3 Å². The van der Waals surface area contributed by atoms with E-state index < -0.39 is 9.84 Å². The van der Waals surface area contributed by atoms with Crippen molar-refractivity contribution in [1.29, 1.82) is 0 Å². The van der Waals surface area contributed by atoms with Gasteiger partial charge in [0.15, 0.2) is 5.16 Å². The lowest BCUT2D eigenvalue weighted by Gasteiger charge is -2.11. The number of carbonyl (C=O) groups excluding carboxylic acids is 1. The average Bonchev–Trinajstić information content (AvgIpc) is 3.19. The highest BCUT2D eigenvalue weighted by molar-refractivity contribution is 7.99. The van der Waals surface area contributed by atoms with Crippen molar-refractivity contribution in [3.8, 4) is 11.5 Å². The summed E-state index contributed by atoms with van der Waals surface area (Å²) in [5.74, 6) is 0.468. The molecule has 0 radical (unpaired) electrons. The number of ether oxygens (including phenoxy) is 2. The quantitative estimate of drug-likeness (QED) is 0.352. The molecule has 31 heavy (non-hydrogen) atoms. The van der Waals surface area contributed by atoms with Crippen molar-refractivity contribution in [2.24, 2.45) is 0 Å². The van der Waals surface area contributed by atoms with Crippen molar-refractivity contribution in [3.63, 3.8) is 0 Å². The molecule has 3 N–H and O–H groups in total. The molecule has 1 aromatic carbocycles. The summed E-state index contributed by atoms with van der Waals surface area (Å²) in [6.45, 7) is 0. The second kappa shape index (κ2) is 9.73. The van der Waals surface area contributed by atoms with E-state index in [1.807, 2.05) is 0 Å². The van der Waals surface area contributed by atoms with Crippen molar-refractivity contribution in [2.75, 3.05) is 31.0 Å². The number of nitrogen functional groups attached to an aromatic ring is 1. The van der Waals surface area contributed by atoms with E-state index >= 15 is 0 Å². The molecule has 0 saturated heterocycles. The number of nitrogens with two attached hydrogens (primary N) is 1. The lowest BCUT2D eigenvalue weighted by molar-refractivity contribution is -0.113. The summed E-state index contributed by atoms with van der Waals surface area (Å²) in [7, 11) is -0.869. The van der Waals surface area contributed by atoms with Crippen LogP contribution in [-0.2, 0) is 14.6 Å². The summed E-state index contributed by atoms with van der Waals surface area (Å²) in [4.78, 5) is 20.1. The molecule has 0 saturated carbocycles. The van der Waals surface area contributed by atoms with Crippen LogP contribution in [-0.4, -0.2) is 44.3 Å². The largest absolute Gasteiger partial charge is 0.497 e. The van der Waals surface area contributed by atoms with Crippen molar-refractivity contribution in [1.82, 2.24) is 9.97 Å². The number of hydrogen-bond acceptors (Lipinski definition) is 10. The Bertz CT molecular complexity index is 1220. The molecule has 1 amide bonds. The fraction of sp³-hybridized carbons (Fsp3) is 0.167. The van der Waals surface area contributed by atoms with Crippen LogP contribution in [0.25, 0.3) is 0 Å². The number of thioether (sulfide) groups is 1. The van der Waals surface area contributed by atoms with E-state index in [4.69, 9.17) is 26.8 Å². The van der Waals surface area contributed by atoms with Gasteiger partial charge < -0.3 is 20.5 Å². The number of aromatic nitrogens is 2. The average molecular weight is 501 g/mol. The van der Waals surface area contributed by atoms with Crippen LogP contribution in [0.2, 0.25) is 4.34 Å². The molecule has 2 heterocycles. The fourth-order valence-corrected chi connectivity index (χ4v) is 5.90. The van der Waals surface area contributed by atoms with Crippen LogP contribution in [0.15, 0.2) is 50.8 Å². The summed E-state index contributed by atoms with van der Waals surface area (Å²) < 4.78 is 36.1. The van der Waals surface area contributed by atoms with Crippen LogP contribution >= 0.6 is 34.7 Å². The predicted molar refractivity (Wildman–Crippen MR) is 120 cm³/mol. The number of hydrogen-bond donors (Lipinski definition) is 2. The van der Waals surface area contributed by atoms with Crippen LogP contribution in [0.5, 0.6) is 11.5 Å². The Hall–Kier alpha value is -2.54. The minimum atomic E-state index is -3.88. The molecule has 0 unspecified atom stereocenters. The van der Waals surface area contributed by atoms with Crippen molar-refractivity contribution >= 4 is 61.9 Å². The lowest BCUT2D eigenvalue weighted by Crippen LogP contribution is -2.15. The molecule has 164 valence electrons. The number of amides is 1. The maximum Gasteiger partial charge on any atom is 0.234 e. The third-order valence-corrected chi connectivity index (χ3v) is 8.23. The number of rotatable bonds is 8. The van der Waals surface area contributed by atoms with E-state index in [-0.39, 0.29) is 31.7 Å². The topological polar surface area (TPSA) is 133 Å². The number of nitrogens with zero attached hydrogens (tertiary/aromatic N) is 2. The molecule has 13 heteroatoms. The fourth-order valence-electron chi connectivity index (χ4n) is 2.41. The highest BCUT2D eigenvalue weighted by atomic mass is 35.5. The standard InChI is InChI=1S/C18H17ClN4O5S3/c1-27-10-3-4-11(12(7-10)28-2)22-15(24)9-29-18-21-8-13(17(20)23-18)31(25,26)16-6-5-14(19)30-16/h3-8H,9H2,1-2H3,(H,22,24)(H2,20,21,23). The molecule has 0 aliphatic rings. The molecule has 2 aromatic heterocycles. The third kappa shape index (κ3) is 5.39. The van der Waals surface area contributed by atoms with Crippen LogP contribution in [0.1, 0.15) is 0 Å². The normalized spacial score (nSPS) is 11.2. The first kappa shape index (κ1) is 23.1. The number of sulfone groups is 1. The Morgan fingerprint density at radius 3 is 2.65 bits per heavy atom. The first-order chi connectivity index (χ1) is 14.7. The summed E-state index contributed by atoms with van der Waals surface area (Å²) >= 11 is 7.74. The summed E-state index contributed by atoms with van der Waals surface area (Å²) in [6.07, 6.45) is 1.12. The third-order valence-electron chi connectivity index (χ3n) is 3.88. The molecular weight excluding hydrogens is 484 g/mol. The maximum atomic E-state index is 12.7. The van der Waals surface area contributed by atoms with Gasteiger partial charge in [-0.1, -0.05) is 23.4 Å². The maximum absolute atomic E-state index is 12.7. The number of carbonyl (C=O) groups is 1. The number of halogens is 1. The van der Waals surface area contributed by atoms with Gasteiger partial charge in [-0.05, 0) is 24.3 Å². The van der Waals surface area contributed by atoms with Gasteiger partial charge in [-0.15, -0.1) is 11.3 Å². The van der Waals surface area contributed by atoms with E-state index in [1.165, 1.54) is 26.4 Å². The Kier molecular flexibility index (Phi) is 7.26. The molecule has 3 aromatic rings. The molecule has 0 fully saturated rings. The van der Waals surface area contributed by atoms with Gasteiger partial charge in [0, 0.05) is 6.07 Å². The first-order valence-electron chi connectivity index (χ1n) is 8.52. The van der Waals surface area contributed by atoms with Crippen molar-refractivity contribution < 1.29 is 22.7 Å². The van der Waals surface area contributed by atoms with Crippen molar-refractivity contribution in [3.05, 3.63) is 40.9 Å². The van der Waals surface area contributed by atoms with Gasteiger partial charge in [0.05, 0.1) is 36.2 Å². The van der Waals surface area contributed by atoms with Gasteiger partial charge in [0.25, 0.3) is 0 Å². The van der Waals surface area contributed by atoms with Gasteiger partial charge in [0.2, 0.25) is 15.7 Å². The molecule has 0 aliphatic heterocycles. The number of anilines is 2. The molecule has 9 nitrogen and oxygen atoms in total. The zero-order chi connectivity index (χ0) is 22.6. The molecular formula is C18H17ClN4O5S3. The van der Waals surface area contributed by atoms with E-state index in [0.717, 1.165) is 29.3 Å². The number of methoxy groups -OCH3 is 2. The van der Waals surface area contributed by atoms with Gasteiger partial charge in [-0.25, -0.2) is 18.4 Å². The van der Waals surface area contributed by atoms with Crippen LogP contribution in [0.3, 0.4) is 0 Å². The van der Waals surface area contributed by atoms with Crippen LogP contribution < -0.4 is 20.5 Å². The van der Waals surface area contributed by atoms with Crippen molar-refractivity contribution in [2.45, 2.75) is 14.3 Å². The first-order valence-corrected chi connectivity index (χ1v) is 12.2. The van der Waals surface area contributed by atoms with Crippen LogP contribution in [0, 0.1) is 0 Å². The minimum Gasteiger partial charge on any atom is -0.497 e. The molecule has 3 rings (SSSR count). The number of thiophene rings is 1. The molecule has 0 aliphatic carbocycles. The molecule has 0 atom stereocenters. The Balaban J connectivity index is 1.68. The Morgan fingerprint density at radius 2 is 2.03 bits per heavy atom. The predicted octanol–water partition coefficient (Wildman–Crippen LogP) is 3.35. The zero-order valence-corrected chi connectivity index (χ0v) is 19.5. The van der Waals surface area contributed by atoms with Gasteiger partial charge in [-0.2, -0.15) is 0 Å². The SMILES string of the molecule is COc1ccc(NC(=O)CSc2ncc(S(=O)(=O)c3ccc(Cl)s3)c(N)n2)c(OC)c1. The highest BCUT2D eigenvalue weighted by Crippen LogP contribution is 2.33. The second-order valence-electron chi connectivity index (χ2n) is 5.87. The second-order valence-corrected chi connectivity index (χ2v) is 10.7. The smallest absolute Gasteiger partial charge is 0.234 e. The highest BCUT2D eigenvalue weighted by Gasteiger charge is 2.24. The monoisotopic (exact) mass is 500 g/mol. The summed E-state index contributed by atoms with van der Waals surface area (Å²) in [5.41, 5.74) is 6.32.